The van der Waals surface area contributed by atoms with E-state index in [0.29, 0.717) is 5.56 Å². The minimum Gasteiger partial charge on any atom is -0.481 e. The third kappa shape index (κ3) is 10.5. The fourth-order valence-electron chi connectivity index (χ4n) is 3.19. The highest BCUT2D eigenvalue weighted by molar-refractivity contribution is 5.95. The number of hydrogen-bond acceptors (Lipinski definition) is 7. The van der Waals surface area contributed by atoms with Gasteiger partial charge in [-0.3, -0.25) is 24.0 Å². The lowest BCUT2D eigenvalue weighted by Gasteiger charge is -2.27. The molecule has 0 saturated heterocycles. The third-order valence-corrected chi connectivity index (χ3v) is 5.16. The molecule has 0 radical (unpaired) electrons. The molecule has 1 aromatic rings. The molecule has 4 atom stereocenters. The molecular formula is C23H32N4O9. The standard InChI is InChI=1S/C23H32N4O9/c1-12(2)19(22(34)25-15(23(35)36)8-9-17(28)29)27-21(33)16(10-13-6-4-3-5-7-13)26-20(32)14(24)11-18(30)31/h3-7,12,14-16,19H,8-11,24H2,1-2H3,(H,25,34)(H,26,32)(H,27,33)(H,28,29)(H,30,31)(H,35,36)/t14-,15-,16-,19-/m0/s1. The smallest absolute Gasteiger partial charge is 0.326 e. The van der Waals surface area contributed by atoms with Gasteiger partial charge in [-0.15, -0.1) is 0 Å². The normalized spacial score (nSPS) is 14.1. The summed E-state index contributed by atoms with van der Waals surface area (Å²) in [5.41, 5.74) is 6.27. The second kappa shape index (κ2) is 14.4. The number of hydrogen-bond donors (Lipinski definition) is 7. The van der Waals surface area contributed by atoms with Crippen LogP contribution in [0.4, 0.5) is 0 Å². The van der Waals surface area contributed by atoms with Crippen LogP contribution in [0.1, 0.15) is 38.7 Å². The maximum Gasteiger partial charge on any atom is 0.326 e. The van der Waals surface area contributed by atoms with Crippen LogP contribution in [0.3, 0.4) is 0 Å². The number of amides is 3. The molecule has 1 aromatic carbocycles. The molecule has 8 N–H and O–H groups in total. The van der Waals surface area contributed by atoms with Crippen molar-refractivity contribution in [2.75, 3.05) is 0 Å². The molecular weight excluding hydrogens is 476 g/mol. The summed E-state index contributed by atoms with van der Waals surface area (Å²) in [4.78, 5) is 71.4. The fourth-order valence-corrected chi connectivity index (χ4v) is 3.19. The highest BCUT2D eigenvalue weighted by Crippen LogP contribution is 2.08. The lowest BCUT2D eigenvalue weighted by atomic mass is 10.00. The highest BCUT2D eigenvalue weighted by Gasteiger charge is 2.32. The van der Waals surface area contributed by atoms with Gasteiger partial charge in [0.1, 0.15) is 18.1 Å². The Morgan fingerprint density at radius 3 is 1.89 bits per heavy atom. The van der Waals surface area contributed by atoms with Gasteiger partial charge in [0.05, 0.1) is 12.5 Å². The Kier molecular flexibility index (Phi) is 12.0. The molecule has 0 spiro atoms. The van der Waals surface area contributed by atoms with Crippen LogP contribution < -0.4 is 21.7 Å². The van der Waals surface area contributed by atoms with E-state index in [1.165, 1.54) is 0 Å². The number of nitrogens with one attached hydrogen (secondary N) is 3. The minimum absolute atomic E-state index is 0.000994. The molecule has 0 heterocycles. The van der Waals surface area contributed by atoms with Crippen molar-refractivity contribution in [2.45, 2.75) is 63.7 Å². The van der Waals surface area contributed by atoms with Gasteiger partial charge in [0.25, 0.3) is 0 Å². The van der Waals surface area contributed by atoms with Crippen LogP contribution in [0.15, 0.2) is 30.3 Å². The van der Waals surface area contributed by atoms with Crippen molar-refractivity contribution in [3.63, 3.8) is 0 Å². The van der Waals surface area contributed by atoms with Gasteiger partial charge >= 0.3 is 17.9 Å². The fraction of sp³-hybridized carbons (Fsp3) is 0.478. The van der Waals surface area contributed by atoms with Crippen LogP contribution in [-0.2, 0) is 35.2 Å². The van der Waals surface area contributed by atoms with Gasteiger partial charge in [0, 0.05) is 12.8 Å². The predicted octanol–water partition coefficient (Wildman–Crippen LogP) is -0.909. The van der Waals surface area contributed by atoms with Crippen molar-refractivity contribution in [3.8, 4) is 0 Å². The molecule has 198 valence electrons. The number of carbonyl (C=O) groups excluding carboxylic acids is 3. The van der Waals surface area contributed by atoms with Crippen LogP contribution >= 0.6 is 0 Å². The lowest BCUT2D eigenvalue weighted by molar-refractivity contribution is -0.143. The second-order valence-electron chi connectivity index (χ2n) is 8.52. The molecule has 3 amide bonds. The predicted molar refractivity (Wildman–Crippen MR) is 126 cm³/mol. The highest BCUT2D eigenvalue weighted by atomic mass is 16.4. The number of carbonyl (C=O) groups is 6. The van der Waals surface area contributed by atoms with Crippen molar-refractivity contribution in [3.05, 3.63) is 35.9 Å². The van der Waals surface area contributed by atoms with Crippen LogP contribution in [0.2, 0.25) is 0 Å². The largest absolute Gasteiger partial charge is 0.481 e. The first-order chi connectivity index (χ1) is 16.8. The van der Waals surface area contributed by atoms with Gasteiger partial charge in [-0.25, -0.2) is 4.79 Å². The van der Waals surface area contributed by atoms with Crippen molar-refractivity contribution < 1.29 is 44.1 Å². The Bertz CT molecular complexity index is 952. The summed E-state index contributed by atoms with van der Waals surface area (Å²) in [6.07, 6.45) is -1.50. The SMILES string of the molecule is CC(C)[C@H](NC(=O)[C@H](Cc1ccccc1)NC(=O)[C@@H](N)CC(=O)O)C(=O)N[C@@H](CCC(=O)O)C(=O)O. The van der Waals surface area contributed by atoms with Crippen LogP contribution in [0.5, 0.6) is 0 Å². The Morgan fingerprint density at radius 1 is 0.806 bits per heavy atom. The number of carboxylic acid groups (broad SMARTS) is 3. The van der Waals surface area contributed by atoms with E-state index in [1.807, 2.05) is 0 Å². The van der Waals surface area contributed by atoms with Gasteiger partial charge in [-0.1, -0.05) is 44.2 Å². The topological polar surface area (TPSA) is 225 Å². The monoisotopic (exact) mass is 508 g/mol. The Balaban J connectivity index is 3.06. The number of aliphatic carboxylic acids is 3. The molecule has 13 nitrogen and oxygen atoms in total. The number of carboxylic acids is 3. The maximum absolute atomic E-state index is 13.1. The zero-order valence-electron chi connectivity index (χ0n) is 20.0. The van der Waals surface area contributed by atoms with Crippen molar-refractivity contribution in [1.82, 2.24) is 16.0 Å². The molecule has 0 saturated carbocycles. The van der Waals surface area contributed by atoms with E-state index in [9.17, 15) is 33.9 Å². The summed E-state index contributed by atoms with van der Waals surface area (Å²) in [6.45, 7) is 3.20. The zero-order chi connectivity index (χ0) is 27.4. The van der Waals surface area contributed by atoms with Crippen LogP contribution in [-0.4, -0.2) is 75.1 Å². The summed E-state index contributed by atoms with van der Waals surface area (Å²) in [5, 5.41) is 34.1. The number of benzene rings is 1. The average molecular weight is 509 g/mol. The Labute approximate surface area is 207 Å². The molecule has 1 rings (SSSR count). The van der Waals surface area contributed by atoms with E-state index in [-0.39, 0.29) is 12.8 Å². The van der Waals surface area contributed by atoms with E-state index < -0.39 is 78.6 Å². The number of rotatable bonds is 15. The van der Waals surface area contributed by atoms with Crippen LogP contribution in [0, 0.1) is 5.92 Å². The van der Waals surface area contributed by atoms with E-state index in [1.54, 1.807) is 44.2 Å². The van der Waals surface area contributed by atoms with E-state index in [4.69, 9.17) is 15.9 Å². The first-order valence-electron chi connectivity index (χ1n) is 11.2. The van der Waals surface area contributed by atoms with E-state index in [0.717, 1.165) is 0 Å². The average Bonchev–Trinajstić information content (AvgIpc) is 2.78. The second-order valence-corrected chi connectivity index (χ2v) is 8.52. The molecule has 0 aliphatic carbocycles. The lowest BCUT2D eigenvalue weighted by Crippen LogP contribution is -2.59. The molecule has 0 aromatic heterocycles. The summed E-state index contributed by atoms with van der Waals surface area (Å²) < 4.78 is 0. The van der Waals surface area contributed by atoms with Crippen molar-refractivity contribution >= 4 is 35.6 Å². The molecule has 0 bridgehead atoms. The van der Waals surface area contributed by atoms with Gasteiger partial charge in [0.2, 0.25) is 17.7 Å². The van der Waals surface area contributed by atoms with E-state index in [2.05, 4.69) is 16.0 Å². The molecule has 13 heteroatoms. The molecule has 0 aliphatic rings. The Hall–Kier alpha value is -4.00. The van der Waals surface area contributed by atoms with Gasteiger partial charge < -0.3 is 37.0 Å². The molecule has 0 aliphatic heterocycles. The summed E-state index contributed by atoms with van der Waals surface area (Å²) in [5.74, 6) is -6.97. The summed E-state index contributed by atoms with van der Waals surface area (Å²) in [7, 11) is 0. The summed E-state index contributed by atoms with van der Waals surface area (Å²) in [6, 6.07) is 3.26. The summed E-state index contributed by atoms with van der Waals surface area (Å²) >= 11 is 0. The molecule has 0 unspecified atom stereocenters. The minimum atomic E-state index is -1.49. The Morgan fingerprint density at radius 2 is 1.39 bits per heavy atom. The van der Waals surface area contributed by atoms with Gasteiger partial charge in [-0.2, -0.15) is 0 Å². The maximum atomic E-state index is 13.1. The first-order valence-corrected chi connectivity index (χ1v) is 11.2. The molecule has 36 heavy (non-hydrogen) atoms. The first kappa shape index (κ1) is 30.0. The quantitative estimate of drug-likeness (QED) is 0.154. The van der Waals surface area contributed by atoms with Crippen LogP contribution in [0.25, 0.3) is 0 Å². The zero-order valence-corrected chi connectivity index (χ0v) is 20.0. The molecule has 0 fully saturated rings. The van der Waals surface area contributed by atoms with E-state index >= 15 is 0 Å². The van der Waals surface area contributed by atoms with Gasteiger partial charge in [-0.05, 0) is 17.9 Å². The van der Waals surface area contributed by atoms with Crippen molar-refractivity contribution in [2.24, 2.45) is 11.7 Å². The number of nitrogens with two attached hydrogens (primary N) is 1. The van der Waals surface area contributed by atoms with Gasteiger partial charge in [0.15, 0.2) is 0 Å². The van der Waals surface area contributed by atoms with Crippen molar-refractivity contribution in [1.29, 1.82) is 0 Å². The third-order valence-electron chi connectivity index (χ3n) is 5.16.